The number of fused-ring (bicyclic) bond motifs is 1. The van der Waals surface area contributed by atoms with Gasteiger partial charge in [-0.2, -0.15) is 0 Å². The largest absolute Gasteiger partial charge is 0.364 e. The molecule has 0 unspecified atom stereocenters. The van der Waals surface area contributed by atoms with Crippen molar-refractivity contribution >= 4 is 28.7 Å². The Hall–Kier alpha value is -1.76. The summed E-state index contributed by atoms with van der Waals surface area (Å²) in [6.07, 6.45) is 1.79. The molecular weight excluding hydrogens is 216 g/mol. The van der Waals surface area contributed by atoms with Gasteiger partial charge in [-0.1, -0.05) is 11.8 Å². The summed E-state index contributed by atoms with van der Waals surface area (Å²) in [6.45, 7) is 0. The van der Waals surface area contributed by atoms with Crippen LogP contribution in [0.5, 0.6) is 0 Å². The van der Waals surface area contributed by atoms with Crippen LogP contribution in [0.2, 0.25) is 0 Å². The maximum atomic E-state index is 11.5. The molecule has 2 heterocycles. The van der Waals surface area contributed by atoms with Gasteiger partial charge in [-0.3, -0.25) is 9.59 Å². The highest BCUT2D eigenvalue weighted by Crippen LogP contribution is 2.12. The van der Waals surface area contributed by atoms with E-state index in [-0.39, 0.29) is 11.3 Å². The molecule has 0 spiro atoms. The predicted molar refractivity (Wildman–Crippen MR) is 57.0 cm³/mol. The molecule has 0 aliphatic carbocycles. The first-order valence-electron chi connectivity index (χ1n) is 4.08. The van der Waals surface area contributed by atoms with Crippen molar-refractivity contribution in [1.82, 2.24) is 15.0 Å². The number of primary amides is 1. The van der Waals surface area contributed by atoms with Gasteiger partial charge in [0.15, 0.2) is 5.16 Å². The Morgan fingerprint density at radius 1 is 1.53 bits per heavy atom. The molecule has 0 radical (unpaired) electrons. The molecule has 6 nitrogen and oxygen atoms in total. The van der Waals surface area contributed by atoms with E-state index in [0.717, 1.165) is 0 Å². The van der Waals surface area contributed by atoms with Crippen LogP contribution >= 0.6 is 11.8 Å². The number of nitrogens with two attached hydrogens (primary N) is 1. The van der Waals surface area contributed by atoms with Crippen molar-refractivity contribution in [1.29, 1.82) is 0 Å². The third kappa shape index (κ3) is 1.61. The van der Waals surface area contributed by atoms with E-state index in [1.54, 1.807) is 6.26 Å². The monoisotopic (exact) mass is 224 g/mol. The SMILES string of the molecule is CSc1nc2[nH]c(C(N)=O)cc2c(=O)[nH]1. The summed E-state index contributed by atoms with van der Waals surface area (Å²) in [5, 5.41) is 0.826. The first kappa shape index (κ1) is 9.78. The minimum absolute atomic E-state index is 0.182. The van der Waals surface area contributed by atoms with Crippen molar-refractivity contribution in [3.63, 3.8) is 0 Å². The summed E-state index contributed by atoms with van der Waals surface area (Å²) in [5.74, 6) is -0.613. The smallest absolute Gasteiger partial charge is 0.265 e. The quantitative estimate of drug-likeness (QED) is 0.496. The van der Waals surface area contributed by atoms with E-state index in [0.29, 0.717) is 16.2 Å². The van der Waals surface area contributed by atoms with Gasteiger partial charge in [-0.25, -0.2) is 4.98 Å². The third-order valence-corrected chi connectivity index (χ3v) is 2.51. The second-order valence-electron chi connectivity index (χ2n) is 2.88. The summed E-state index contributed by atoms with van der Waals surface area (Å²) < 4.78 is 0. The summed E-state index contributed by atoms with van der Waals surface area (Å²) in [7, 11) is 0. The number of rotatable bonds is 2. The van der Waals surface area contributed by atoms with Crippen LogP contribution in [0.1, 0.15) is 10.5 Å². The van der Waals surface area contributed by atoms with Crippen molar-refractivity contribution in [3.05, 3.63) is 22.1 Å². The standard InChI is InChI=1S/C8H8N4O2S/c1-15-8-11-6-3(7(14)12-8)2-4(10-6)5(9)13/h2H,1H3,(H2,9,13)(H2,10,11,12,14). The van der Waals surface area contributed by atoms with Gasteiger partial charge in [0.05, 0.1) is 5.39 Å². The zero-order chi connectivity index (χ0) is 11.0. The topological polar surface area (TPSA) is 105 Å². The first-order valence-corrected chi connectivity index (χ1v) is 5.31. The summed E-state index contributed by atoms with van der Waals surface area (Å²) in [4.78, 5) is 31.8. The van der Waals surface area contributed by atoms with Crippen LogP contribution in [0.25, 0.3) is 11.0 Å². The molecule has 0 aromatic carbocycles. The summed E-state index contributed by atoms with van der Waals surface area (Å²) in [6, 6.07) is 1.40. The van der Waals surface area contributed by atoms with Crippen molar-refractivity contribution in [2.45, 2.75) is 5.16 Å². The van der Waals surface area contributed by atoms with E-state index < -0.39 is 5.91 Å². The molecule has 2 aromatic heterocycles. The maximum Gasteiger partial charge on any atom is 0.265 e. The number of thioether (sulfide) groups is 1. The fourth-order valence-electron chi connectivity index (χ4n) is 1.23. The predicted octanol–water partition coefficient (Wildman–Crippen LogP) is 0.0720. The fraction of sp³-hybridized carbons (Fsp3) is 0.125. The van der Waals surface area contributed by atoms with Crippen LogP contribution in [0, 0.1) is 0 Å². The van der Waals surface area contributed by atoms with Crippen molar-refractivity contribution in [3.8, 4) is 0 Å². The van der Waals surface area contributed by atoms with E-state index >= 15 is 0 Å². The number of aromatic nitrogens is 3. The van der Waals surface area contributed by atoms with Gasteiger partial charge in [0.25, 0.3) is 11.5 Å². The van der Waals surface area contributed by atoms with E-state index in [2.05, 4.69) is 15.0 Å². The van der Waals surface area contributed by atoms with E-state index in [9.17, 15) is 9.59 Å². The Bertz CT molecular complexity index is 586. The summed E-state index contributed by atoms with van der Waals surface area (Å²) >= 11 is 1.31. The Labute approximate surface area is 88.3 Å². The lowest BCUT2D eigenvalue weighted by Crippen LogP contribution is -2.10. The second-order valence-corrected chi connectivity index (χ2v) is 3.68. The molecule has 4 N–H and O–H groups in total. The average molecular weight is 224 g/mol. The number of nitrogens with zero attached hydrogens (tertiary/aromatic N) is 1. The molecule has 0 aliphatic rings. The van der Waals surface area contributed by atoms with Crippen LogP contribution < -0.4 is 11.3 Å². The molecule has 0 saturated heterocycles. The molecule has 0 fully saturated rings. The molecule has 0 atom stereocenters. The molecule has 0 saturated carbocycles. The lowest BCUT2D eigenvalue weighted by Gasteiger charge is -1.93. The minimum Gasteiger partial charge on any atom is -0.364 e. The molecule has 78 valence electrons. The van der Waals surface area contributed by atoms with Gasteiger partial charge in [0.1, 0.15) is 11.3 Å². The summed E-state index contributed by atoms with van der Waals surface area (Å²) in [5.41, 5.74) is 5.35. The Kier molecular flexibility index (Phi) is 2.24. The number of aromatic amines is 2. The van der Waals surface area contributed by atoms with Gasteiger partial charge in [0, 0.05) is 0 Å². The van der Waals surface area contributed by atoms with E-state index in [1.807, 2.05) is 0 Å². The lowest BCUT2D eigenvalue weighted by atomic mass is 10.3. The van der Waals surface area contributed by atoms with Crippen molar-refractivity contribution in [2.75, 3.05) is 6.26 Å². The third-order valence-electron chi connectivity index (χ3n) is 1.93. The van der Waals surface area contributed by atoms with Crippen LogP contribution in [0.4, 0.5) is 0 Å². The Morgan fingerprint density at radius 3 is 2.87 bits per heavy atom. The Balaban J connectivity index is 2.75. The second kappa shape index (κ2) is 3.43. The highest BCUT2D eigenvalue weighted by molar-refractivity contribution is 7.98. The number of carbonyl (C=O) groups excluding carboxylic acids is 1. The molecule has 15 heavy (non-hydrogen) atoms. The van der Waals surface area contributed by atoms with E-state index in [4.69, 9.17) is 5.73 Å². The molecule has 7 heteroatoms. The number of hydrogen-bond donors (Lipinski definition) is 3. The zero-order valence-corrected chi connectivity index (χ0v) is 8.64. The highest BCUT2D eigenvalue weighted by atomic mass is 32.2. The average Bonchev–Trinajstić information content (AvgIpc) is 2.61. The fourth-order valence-corrected chi connectivity index (χ4v) is 1.61. The molecule has 0 bridgehead atoms. The van der Waals surface area contributed by atoms with Gasteiger partial charge in [0.2, 0.25) is 0 Å². The lowest BCUT2D eigenvalue weighted by molar-refractivity contribution is 0.0996. The van der Waals surface area contributed by atoms with Crippen LogP contribution in [0.3, 0.4) is 0 Å². The van der Waals surface area contributed by atoms with Crippen LogP contribution in [0.15, 0.2) is 16.0 Å². The van der Waals surface area contributed by atoms with Crippen LogP contribution in [-0.4, -0.2) is 27.1 Å². The molecular formula is C8H8N4O2S. The highest BCUT2D eigenvalue weighted by Gasteiger charge is 2.10. The number of nitrogens with one attached hydrogen (secondary N) is 2. The minimum atomic E-state index is -0.613. The van der Waals surface area contributed by atoms with Gasteiger partial charge >= 0.3 is 0 Å². The number of hydrogen-bond acceptors (Lipinski definition) is 4. The van der Waals surface area contributed by atoms with Crippen molar-refractivity contribution < 1.29 is 4.79 Å². The molecule has 2 rings (SSSR count). The first-order chi connectivity index (χ1) is 7.11. The van der Waals surface area contributed by atoms with Crippen molar-refractivity contribution in [2.24, 2.45) is 5.73 Å². The molecule has 2 aromatic rings. The number of H-pyrrole nitrogens is 2. The van der Waals surface area contributed by atoms with Gasteiger partial charge in [-0.15, -0.1) is 0 Å². The molecule has 0 aliphatic heterocycles. The Morgan fingerprint density at radius 2 is 2.27 bits per heavy atom. The maximum absolute atomic E-state index is 11.5. The van der Waals surface area contributed by atoms with Crippen LogP contribution in [-0.2, 0) is 0 Å². The van der Waals surface area contributed by atoms with Gasteiger partial charge < -0.3 is 15.7 Å². The number of amides is 1. The normalized spacial score (nSPS) is 10.7. The zero-order valence-electron chi connectivity index (χ0n) is 7.83. The number of carbonyl (C=O) groups is 1. The van der Waals surface area contributed by atoms with Gasteiger partial charge in [-0.05, 0) is 12.3 Å². The van der Waals surface area contributed by atoms with E-state index in [1.165, 1.54) is 17.8 Å². The molecule has 1 amide bonds.